The number of nitrogens with two attached hydrogens (primary N) is 1. The molecule has 140 valence electrons. The molecule has 0 amide bonds. The van der Waals surface area contributed by atoms with Gasteiger partial charge in [0.05, 0.1) is 6.61 Å². The first-order chi connectivity index (χ1) is 12.4. The minimum atomic E-state index is -1.43. The van der Waals surface area contributed by atoms with Crippen LogP contribution in [0.15, 0.2) is 42.5 Å². The van der Waals surface area contributed by atoms with Crippen LogP contribution < -0.4 is 5.73 Å². The Labute approximate surface area is 150 Å². The number of aromatic hydroxyl groups is 1. The van der Waals surface area contributed by atoms with E-state index in [-0.39, 0.29) is 5.75 Å². The van der Waals surface area contributed by atoms with E-state index in [1.165, 1.54) is 0 Å². The molecule has 1 saturated heterocycles. The smallest absolute Gasteiger partial charge is 0.115 e. The van der Waals surface area contributed by atoms with Gasteiger partial charge in [-0.15, -0.1) is 0 Å². The topological polar surface area (TPSA) is 136 Å². The van der Waals surface area contributed by atoms with Crippen LogP contribution in [0.3, 0.4) is 0 Å². The number of phenols is 1. The average Bonchev–Trinajstić information content (AvgIpc) is 2.64. The van der Waals surface area contributed by atoms with Gasteiger partial charge in [-0.2, -0.15) is 0 Å². The van der Waals surface area contributed by atoms with Crippen LogP contribution in [-0.2, 0) is 11.2 Å². The number of nitrogen functional groups attached to an aromatic ring is 1. The van der Waals surface area contributed by atoms with Gasteiger partial charge in [-0.3, -0.25) is 0 Å². The molecule has 26 heavy (non-hydrogen) atoms. The predicted molar refractivity (Wildman–Crippen MR) is 94.5 cm³/mol. The summed E-state index contributed by atoms with van der Waals surface area (Å²) < 4.78 is 5.59. The summed E-state index contributed by atoms with van der Waals surface area (Å²) in [5.74, 6) is 0.178. The van der Waals surface area contributed by atoms with Gasteiger partial charge in [0.1, 0.15) is 36.3 Å². The van der Waals surface area contributed by atoms with Gasteiger partial charge in [0, 0.05) is 5.69 Å². The van der Waals surface area contributed by atoms with Crippen molar-refractivity contribution >= 4 is 5.69 Å². The average molecular weight is 361 g/mol. The lowest BCUT2D eigenvalue weighted by atomic mass is 9.89. The Kier molecular flexibility index (Phi) is 5.45. The second-order valence-electron chi connectivity index (χ2n) is 6.55. The van der Waals surface area contributed by atoms with Gasteiger partial charge < -0.3 is 36.0 Å². The number of phenolic OH excluding ortho intramolecular Hbond substituents is 1. The van der Waals surface area contributed by atoms with E-state index in [1.54, 1.807) is 42.5 Å². The highest BCUT2D eigenvalue weighted by Crippen LogP contribution is 2.34. The van der Waals surface area contributed by atoms with Crippen molar-refractivity contribution in [1.82, 2.24) is 0 Å². The Hall–Kier alpha value is -2.16. The van der Waals surface area contributed by atoms with Crippen LogP contribution in [-0.4, -0.2) is 56.6 Å². The highest BCUT2D eigenvalue weighted by atomic mass is 16.5. The summed E-state index contributed by atoms with van der Waals surface area (Å²) in [7, 11) is 0. The summed E-state index contributed by atoms with van der Waals surface area (Å²) in [5, 5.41) is 48.9. The van der Waals surface area contributed by atoms with Crippen LogP contribution in [0, 0.1) is 0 Å². The molecular weight excluding hydrogens is 338 g/mol. The molecule has 0 bridgehead atoms. The molecule has 2 aromatic carbocycles. The SMILES string of the molecule is Nc1ccc([C@@H]2OC(CO)[C@@H](O)C(O)[C@H]2O)cc1Cc1ccc(O)cc1. The van der Waals surface area contributed by atoms with Crippen LogP contribution in [0.1, 0.15) is 22.8 Å². The molecule has 1 heterocycles. The second kappa shape index (κ2) is 7.61. The summed E-state index contributed by atoms with van der Waals surface area (Å²) in [6.07, 6.45) is -5.50. The maximum absolute atomic E-state index is 10.3. The normalized spacial score (nSPS) is 28.8. The van der Waals surface area contributed by atoms with Crippen molar-refractivity contribution in [3.63, 3.8) is 0 Å². The highest BCUT2D eigenvalue weighted by Gasteiger charge is 2.43. The quantitative estimate of drug-likeness (QED) is 0.424. The summed E-state index contributed by atoms with van der Waals surface area (Å²) in [6, 6.07) is 11.9. The monoisotopic (exact) mass is 361 g/mol. The highest BCUT2D eigenvalue weighted by molar-refractivity contribution is 5.51. The molecule has 0 radical (unpaired) electrons. The predicted octanol–water partition coefficient (Wildman–Crippen LogP) is 0.0801. The maximum atomic E-state index is 10.3. The van der Waals surface area contributed by atoms with Crippen molar-refractivity contribution in [3.8, 4) is 5.75 Å². The Morgan fingerprint density at radius 2 is 1.62 bits per heavy atom. The zero-order chi connectivity index (χ0) is 18.8. The lowest BCUT2D eigenvalue weighted by Crippen LogP contribution is -2.55. The second-order valence-corrected chi connectivity index (χ2v) is 6.55. The van der Waals surface area contributed by atoms with Crippen LogP contribution in [0.2, 0.25) is 0 Å². The van der Waals surface area contributed by atoms with Gasteiger partial charge >= 0.3 is 0 Å². The van der Waals surface area contributed by atoms with Crippen molar-refractivity contribution in [2.24, 2.45) is 0 Å². The van der Waals surface area contributed by atoms with Crippen molar-refractivity contribution in [1.29, 1.82) is 0 Å². The fraction of sp³-hybridized carbons (Fsp3) is 0.368. The van der Waals surface area contributed by atoms with E-state index >= 15 is 0 Å². The Morgan fingerprint density at radius 3 is 2.27 bits per heavy atom. The molecule has 7 heteroatoms. The first-order valence-corrected chi connectivity index (χ1v) is 8.37. The van der Waals surface area contributed by atoms with Crippen molar-refractivity contribution < 1.29 is 30.3 Å². The molecule has 0 saturated carbocycles. The molecule has 2 unspecified atom stereocenters. The molecule has 7 N–H and O–H groups in total. The van der Waals surface area contributed by atoms with E-state index in [9.17, 15) is 25.5 Å². The molecule has 1 aliphatic rings. The van der Waals surface area contributed by atoms with Gasteiger partial charge in [-0.25, -0.2) is 0 Å². The number of aliphatic hydroxyl groups excluding tert-OH is 4. The lowest BCUT2D eigenvalue weighted by molar-refractivity contribution is -0.231. The van der Waals surface area contributed by atoms with E-state index in [0.29, 0.717) is 17.7 Å². The summed E-state index contributed by atoms with van der Waals surface area (Å²) >= 11 is 0. The number of rotatable bonds is 4. The van der Waals surface area contributed by atoms with E-state index in [4.69, 9.17) is 10.5 Å². The van der Waals surface area contributed by atoms with Crippen molar-refractivity contribution in [3.05, 3.63) is 59.2 Å². The molecule has 2 aromatic rings. The minimum Gasteiger partial charge on any atom is -0.508 e. The van der Waals surface area contributed by atoms with E-state index in [2.05, 4.69) is 0 Å². The number of benzene rings is 2. The molecule has 3 rings (SSSR count). The van der Waals surface area contributed by atoms with E-state index < -0.39 is 37.1 Å². The largest absolute Gasteiger partial charge is 0.508 e. The minimum absolute atomic E-state index is 0.178. The van der Waals surface area contributed by atoms with Gasteiger partial charge in [0.2, 0.25) is 0 Å². The Bertz CT molecular complexity index is 748. The number of anilines is 1. The number of hydrogen-bond acceptors (Lipinski definition) is 7. The van der Waals surface area contributed by atoms with Crippen LogP contribution in [0.4, 0.5) is 5.69 Å². The summed E-state index contributed by atoms with van der Waals surface area (Å²) in [4.78, 5) is 0. The molecule has 0 aliphatic carbocycles. The molecule has 1 aliphatic heterocycles. The number of ether oxygens (including phenoxy) is 1. The van der Waals surface area contributed by atoms with Gasteiger partial charge in [0.25, 0.3) is 0 Å². The Balaban J connectivity index is 1.87. The molecule has 5 atom stereocenters. The first-order valence-electron chi connectivity index (χ1n) is 8.37. The van der Waals surface area contributed by atoms with E-state index in [0.717, 1.165) is 11.1 Å². The third kappa shape index (κ3) is 3.67. The van der Waals surface area contributed by atoms with Gasteiger partial charge in [0.15, 0.2) is 0 Å². The van der Waals surface area contributed by atoms with E-state index in [1.807, 2.05) is 0 Å². The molecule has 0 spiro atoms. The molecule has 1 fully saturated rings. The molecule has 0 aromatic heterocycles. The molecule has 7 nitrogen and oxygen atoms in total. The van der Waals surface area contributed by atoms with Gasteiger partial charge in [-0.05, 0) is 41.3 Å². The fourth-order valence-electron chi connectivity index (χ4n) is 3.17. The van der Waals surface area contributed by atoms with Gasteiger partial charge in [-0.1, -0.05) is 24.3 Å². The summed E-state index contributed by atoms with van der Waals surface area (Å²) in [5.41, 5.74) is 8.94. The standard InChI is InChI=1S/C19H23NO6/c20-14-6-3-11(8-12(14)7-10-1-4-13(22)5-2-10)19-18(25)17(24)16(23)15(9-21)26-19/h1-6,8,15-19,21-25H,7,9,20H2/t15?,16-,17?,18-,19+/m1/s1. The number of aliphatic hydroxyl groups is 4. The zero-order valence-corrected chi connectivity index (χ0v) is 14.1. The van der Waals surface area contributed by atoms with Crippen molar-refractivity contribution in [2.75, 3.05) is 12.3 Å². The van der Waals surface area contributed by atoms with Crippen LogP contribution >= 0.6 is 0 Å². The Morgan fingerprint density at radius 1 is 0.923 bits per heavy atom. The zero-order valence-electron chi connectivity index (χ0n) is 14.1. The van der Waals surface area contributed by atoms with Crippen LogP contribution in [0.5, 0.6) is 5.75 Å². The lowest BCUT2D eigenvalue weighted by Gasteiger charge is -2.40. The third-order valence-corrected chi connectivity index (χ3v) is 4.72. The fourth-order valence-corrected chi connectivity index (χ4v) is 3.17. The summed E-state index contributed by atoms with van der Waals surface area (Å²) in [6.45, 7) is -0.475. The van der Waals surface area contributed by atoms with Crippen molar-refractivity contribution in [2.45, 2.75) is 36.9 Å². The maximum Gasteiger partial charge on any atom is 0.115 e. The van der Waals surface area contributed by atoms with Crippen LogP contribution in [0.25, 0.3) is 0 Å². The first kappa shape index (κ1) is 18.6. The number of hydrogen-bond donors (Lipinski definition) is 6. The molecular formula is C19H23NO6. The third-order valence-electron chi connectivity index (χ3n) is 4.72.